The molecule has 0 aliphatic rings. The van der Waals surface area contributed by atoms with Crippen LogP contribution >= 0.6 is 0 Å². The van der Waals surface area contributed by atoms with Gasteiger partial charge in [-0.2, -0.15) is 0 Å². The highest BCUT2D eigenvalue weighted by atomic mass is 32.2. The van der Waals surface area contributed by atoms with Gasteiger partial charge in [0.05, 0.1) is 22.5 Å². The van der Waals surface area contributed by atoms with E-state index in [1.807, 2.05) is 0 Å². The summed E-state index contributed by atoms with van der Waals surface area (Å²) in [6, 6.07) is 8.25. The second-order valence-electron chi connectivity index (χ2n) is 4.58. The molecule has 24 heavy (non-hydrogen) atoms. The van der Waals surface area contributed by atoms with Crippen LogP contribution in [0.4, 0.5) is 11.4 Å². The number of nitrogens with one attached hydrogen (secondary N) is 1. The number of sulfonamides is 1. The Morgan fingerprint density at radius 1 is 1.21 bits per heavy atom. The summed E-state index contributed by atoms with van der Waals surface area (Å²) >= 11 is 0. The first kappa shape index (κ1) is 17.2. The van der Waals surface area contributed by atoms with E-state index in [-0.39, 0.29) is 21.9 Å². The highest BCUT2D eigenvalue weighted by Crippen LogP contribution is 2.30. The molecule has 0 saturated heterocycles. The predicted molar refractivity (Wildman–Crippen MR) is 83.9 cm³/mol. The number of nitro groups is 1. The third-order valence-corrected chi connectivity index (χ3v) is 4.42. The van der Waals surface area contributed by atoms with Gasteiger partial charge >= 0.3 is 11.7 Å². The quantitative estimate of drug-likeness (QED) is 0.600. The molecule has 0 heterocycles. The van der Waals surface area contributed by atoms with Gasteiger partial charge in [-0.05, 0) is 36.4 Å². The average molecular weight is 352 g/mol. The van der Waals surface area contributed by atoms with Gasteiger partial charge in [0.15, 0.2) is 5.75 Å². The standard InChI is InChI=1S/C14H12N2O7S/c1-23-13-7-6-11(8-12(13)16(19)20)24(21,22)15-10-4-2-9(3-5-10)14(17)18/h2-8,15H,1H3,(H,17,18). The number of ether oxygens (including phenoxy) is 1. The van der Waals surface area contributed by atoms with Gasteiger partial charge < -0.3 is 9.84 Å². The maximum atomic E-state index is 12.3. The molecule has 0 aliphatic heterocycles. The van der Waals surface area contributed by atoms with Crippen LogP contribution in [0.3, 0.4) is 0 Å². The van der Waals surface area contributed by atoms with Crippen molar-refractivity contribution in [1.82, 2.24) is 0 Å². The Morgan fingerprint density at radius 2 is 1.83 bits per heavy atom. The molecular weight excluding hydrogens is 340 g/mol. The molecule has 2 aromatic rings. The van der Waals surface area contributed by atoms with Crippen LogP contribution in [0.5, 0.6) is 5.75 Å². The molecule has 0 bridgehead atoms. The molecule has 0 aliphatic carbocycles. The Labute approximate surface area is 136 Å². The van der Waals surface area contributed by atoms with E-state index >= 15 is 0 Å². The second kappa shape index (κ2) is 6.54. The molecule has 10 heteroatoms. The van der Waals surface area contributed by atoms with E-state index in [9.17, 15) is 23.3 Å². The van der Waals surface area contributed by atoms with E-state index in [1.54, 1.807) is 0 Å². The summed E-state index contributed by atoms with van der Waals surface area (Å²) in [5.74, 6) is -1.21. The Bertz CT molecular complexity index is 892. The second-order valence-corrected chi connectivity index (χ2v) is 6.26. The summed E-state index contributed by atoms with van der Waals surface area (Å²) in [4.78, 5) is 20.7. The number of hydrogen-bond acceptors (Lipinski definition) is 6. The fourth-order valence-electron chi connectivity index (χ4n) is 1.87. The topological polar surface area (TPSA) is 136 Å². The van der Waals surface area contributed by atoms with Crippen molar-refractivity contribution < 1.29 is 28.0 Å². The lowest BCUT2D eigenvalue weighted by Crippen LogP contribution is -2.13. The molecule has 0 unspecified atom stereocenters. The van der Waals surface area contributed by atoms with Gasteiger partial charge in [-0.1, -0.05) is 0 Å². The van der Waals surface area contributed by atoms with Crippen LogP contribution in [-0.2, 0) is 10.0 Å². The van der Waals surface area contributed by atoms with Crippen LogP contribution < -0.4 is 9.46 Å². The lowest BCUT2D eigenvalue weighted by atomic mass is 10.2. The molecule has 0 atom stereocenters. The molecule has 2 aromatic carbocycles. The zero-order chi connectivity index (χ0) is 17.9. The maximum Gasteiger partial charge on any atom is 0.335 e. The number of hydrogen-bond donors (Lipinski definition) is 2. The van der Waals surface area contributed by atoms with Gasteiger partial charge in [0.25, 0.3) is 10.0 Å². The van der Waals surface area contributed by atoms with Crippen molar-refractivity contribution in [2.75, 3.05) is 11.8 Å². The van der Waals surface area contributed by atoms with Crippen molar-refractivity contribution in [3.8, 4) is 5.75 Å². The van der Waals surface area contributed by atoms with Crippen LogP contribution in [0.15, 0.2) is 47.4 Å². The largest absolute Gasteiger partial charge is 0.490 e. The minimum atomic E-state index is -4.08. The summed E-state index contributed by atoms with van der Waals surface area (Å²) < 4.78 is 31.6. The third-order valence-electron chi connectivity index (χ3n) is 3.04. The highest BCUT2D eigenvalue weighted by Gasteiger charge is 2.22. The molecule has 0 spiro atoms. The minimum Gasteiger partial charge on any atom is -0.490 e. The van der Waals surface area contributed by atoms with Gasteiger partial charge in [-0.3, -0.25) is 14.8 Å². The highest BCUT2D eigenvalue weighted by molar-refractivity contribution is 7.92. The number of carboxylic acid groups (broad SMARTS) is 1. The van der Waals surface area contributed by atoms with Crippen molar-refractivity contribution in [2.45, 2.75) is 4.90 Å². The van der Waals surface area contributed by atoms with E-state index in [0.717, 1.165) is 6.07 Å². The Hall–Kier alpha value is -3.14. The number of anilines is 1. The van der Waals surface area contributed by atoms with E-state index in [2.05, 4.69) is 4.72 Å². The third kappa shape index (κ3) is 3.60. The molecular formula is C14H12N2O7S. The first-order chi connectivity index (χ1) is 11.2. The van der Waals surface area contributed by atoms with E-state index < -0.39 is 26.6 Å². The summed E-state index contributed by atoms with van der Waals surface area (Å²) in [7, 11) is -2.85. The van der Waals surface area contributed by atoms with Gasteiger partial charge in [-0.25, -0.2) is 13.2 Å². The molecule has 0 saturated carbocycles. The monoisotopic (exact) mass is 352 g/mol. The number of benzene rings is 2. The summed E-state index contributed by atoms with van der Waals surface area (Å²) in [5, 5.41) is 19.8. The van der Waals surface area contributed by atoms with Crippen LogP contribution in [0, 0.1) is 10.1 Å². The van der Waals surface area contributed by atoms with Crippen molar-refractivity contribution in [3.63, 3.8) is 0 Å². The fraction of sp³-hybridized carbons (Fsp3) is 0.0714. The van der Waals surface area contributed by atoms with Crippen LogP contribution in [0.2, 0.25) is 0 Å². The van der Waals surface area contributed by atoms with E-state index in [4.69, 9.17) is 9.84 Å². The number of carboxylic acids is 1. The zero-order valence-electron chi connectivity index (χ0n) is 12.3. The van der Waals surface area contributed by atoms with Crippen molar-refractivity contribution in [1.29, 1.82) is 0 Å². The van der Waals surface area contributed by atoms with E-state index in [1.165, 1.54) is 43.5 Å². The Morgan fingerprint density at radius 3 is 2.33 bits per heavy atom. The smallest absolute Gasteiger partial charge is 0.335 e. The van der Waals surface area contributed by atoms with Crippen molar-refractivity contribution in [2.24, 2.45) is 0 Å². The minimum absolute atomic E-state index is 0.00182. The van der Waals surface area contributed by atoms with Crippen molar-refractivity contribution in [3.05, 3.63) is 58.1 Å². The lowest BCUT2D eigenvalue weighted by Gasteiger charge is -2.09. The SMILES string of the molecule is COc1ccc(S(=O)(=O)Nc2ccc(C(=O)O)cc2)cc1[N+](=O)[O-]. The van der Waals surface area contributed by atoms with E-state index in [0.29, 0.717) is 0 Å². The Balaban J connectivity index is 2.35. The van der Waals surface area contributed by atoms with Gasteiger partial charge in [0.2, 0.25) is 0 Å². The fourth-order valence-corrected chi connectivity index (χ4v) is 2.95. The molecule has 9 nitrogen and oxygen atoms in total. The van der Waals surface area contributed by atoms with Gasteiger partial charge in [0, 0.05) is 11.8 Å². The molecule has 0 radical (unpaired) electrons. The number of aromatic carboxylic acids is 1. The number of nitrogens with zero attached hydrogens (tertiary/aromatic N) is 1. The first-order valence-electron chi connectivity index (χ1n) is 6.43. The summed E-state index contributed by atoms with van der Waals surface area (Å²) in [5.41, 5.74) is -0.363. The number of methoxy groups -OCH3 is 1. The number of carbonyl (C=O) groups is 1. The van der Waals surface area contributed by atoms with Crippen molar-refractivity contribution >= 4 is 27.4 Å². The lowest BCUT2D eigenvalue weighted by molar-refractivity contribution is -0.386. The first-order valence-corrected chi connectivity index (χ1v) is 7.91. The summed E-state index contributed by atoms with van der Waals surface area (Å²) in [6.07, 6.45) is 0. The molecule has 2 rings (SSSR count). The van der Waals surface area contributed by atoms with Crippen LogP contribution in [0.25, 0.3) is 0 Å². The number of nitro benzene ring substituents is 1. The molecule has 0 amide bonds. The molecule has 0 fully saturated rings. The Kier molecular flexibility index (Phi) is 4.69. The molecule has 126 valence electrons. The number of rotatable bonds is 6. The summed E-state index contributed by atoms with van der Waals surface area (Å²) in [6.45, 7) is 0. The normalized spacial score (nSPS) is 10.9. The van der Waals surface area contributed by atoms with Gasteiger partial charge in [-0.15, -0.1) is 0 Å². The van der Waals surface area contributed by atoms with Crippen LogP contribution in [-0.4, -0.2) is 31.5 Å². The molecule has 0 aromatic heterocycles. The average Bonchev–Trinajstić information content (AvgIpc) is 2.54. The maximum absolute atomic E-state index is 12.3. The molecule has 2 N–H and O–H groups in total. The zero-order valence-corrected chi connectivity index (χ0v) is 13.1. The van der Waals surface area contributed by atoms with Crippen LogP contribution in [0.1, 0.15) is 10.4 Å². The van der Waals surface area contributed by atoms with Gasteiger partial charge in [0.1, 0.15) is 0 Å². The predicted octanol–water partition coefficient (Wildman–Crippen LogP) is 2.10.